The van der Waals surface area contributed by atoms with Gasteiger partial charge in [0.25, 0.3) is 0 Å². The molecule has 2 aromatic heterocycles. The molecule has 0 aliphatic carbocycles. The Hall–Kier alpha value is -0.910. The standard InChI is InChI=1S/C9H6ClNO2S2/c10-7-2-1-5(15-7)9-6(3-8(12)13)14-4-11-9/h1-2,4H,3H2,(H,12,13). The minimum absolute atomic E-state index is 0.00944. The second-order valence-corrected chi connectivity index (χ2v) is 5.45. The first-order valence-corrected chi connectivity index (χ1v) is 6.14. The number of rotatable bonds is 3. The highest BCUT2D eigenvalue weighted by atomic mass is 35.5. The van der Waals surface area contributed by atoms with Gasteiger partial charge in [-0.05, 0) is 12.1 Å². The molecule has 0 fully saturated rings. The number of aliphatic carboxylic acids is 1. The van der Waals surface area contributed by atoms with E-state index in [9.17, 15) is 4.79 Å². The van der Waals surface area contributed by atoms with Crippen LogP contribution < -0.4 is 0 Å². The molecular weight excluding hydrogens is 254 g/mol. The number of aromatic nitrogens is 1. The van der Waals surface area contributed by atoms with E-state index in [0.29, 0.717) is 4.34 Å². The van der Waals surface area contributed by atoms with Crippen LogP contribution in [-0.4, -0.2) is 16.1 Å². The monoisotopic (exact) mass is 259 g/mol. The molecule has 0 atom stereocenters. The summed E-state index contributed by atoms with van der Waals surface area (Å²) in [6, 6.07) is 3.64. The fraction of sp³-hybridized carbons (Fsp3) is 0.111. The summed E-state index contributed by atoms with van der Waals surface area (Å²) in [6.07, 6.45) is 0.00944. The van der Waals surface area contributed by atoms with Gasteiger partial charge < -0.3 is 5.11 Å². The molecule has 0 spiro atoms. The normalized spacial score (nSPS) is 10.5. The van der Waals surface area contributed by atoms with Crippen molar-refractivity contribution in [2.24, 2.45) is 0 Å². The van der Waals surface area contributed by atoms with Crippen molar-refractivity contribution in [1.82, 2.24) is 4.98 Å². The Morgan fingerprint density at radius 3 is 2.93 bits per heavy atom. The van der Waals surface area contributed by atoms with Crippen LogP contribution in [0.4, 0.5) is 0 Å². The van der Waals surface area contributed by atoms with Crippen LogP contribution in [0.3, 0.4) is 0 Å². The van der Waals surface area contributed by atoms with Crippen LogP contribution in [0, 0.1) is 0 Å². The summed E-state index contributed by atoms with van der Waals surface area (Å²) in [6.45, 7) is 0. The van der Waals surface area contributed by atoms with Crippen molar-refractivity contribution >= 4 is 40.2 Å². The number of thiazole rings is 1. The molecule has 0 bridgehead atoms. The first-order chi connectivity index (χ1) is 7.16. The molecule has 78 valence electrons. The zero-order valence-corrected chi connectivity index (χ0v) is 9.83. The second kappa shape index (κ2) is 4.30. The molecule has 0 unspecified atom stereocenters. The van der Waals surface area contributed by atoms with E-state index in [1.54, 1.807) is 11.6 Å². The predicted molar refractivity (Wildman–Crippen MR) is 61.8 cm³/mol. The highest BCUT2D eigenvalue weighted by molar-refractivity contribution is 7.19. The zero-order chi connectivity index (χ0) is 10.8. The van der Waals surface area contributed by atoms with Crippen molar-refractivity contribution in [2.45, 2.75) is 6.42 Å². The van der Waals surface area contributed by atoms with Crippen LogP contribution in [0.1, 0.15) is 4.88 Å². The van der Waals surface area contributed by atoms with Crippen molar-refractivity contribution in [2.75, 3.05) is 0 Å². The van der Waals surface area contributed by atoms with E-state index in [0.717, 1.165) is 15.4 Å². The average Bonchev–Trinajstić information content (AvgIpc) is 2.72. The molecule has 6 heteroatoms. The Morgan fingerprint density at radius 2 is 2.33 bits per heavy atom. The van der Waals surface area contributed by atoms with Crippen molar-refractivity contribution < 1.29 is 9.90 Å². The largest absolute Gasteiger partial charge is 0.481 e. The highest BCUT2D eigenvalue weighted by Crippen LogP contribution is 2.33. The van der Waals surface area contributed by atoms with Gasteiger partial charge in [-0.25, -0.2) is 4.98 Å². The van der Waals surface area contributed by atoms with E-state index < -0.39 is 5.97 Å². The second-order valence-electron chi connectivity index (χ2n) is 2.80. The van der Waals surface area contributed by atoms with Gasteiger partial charge in [0.15, 0.2) is 0 Å². The third-order valence-corrected chi connectivity index (χ3v) is 3.83. The molecule has 2 aromatic rings. The first-order valence-electron chi connectivity index (χ1n) is 4.06. The molecule has 0 radical (unpaired) electrons. The highest BCUT2D eigenvalue weighted by Gasteiger charge is 2.13. The van der Waals surface area contributed by atoms with Crippen LogP contribution in [0.25, 0.3) is 10.6 Å². The fourth-order valence-corrected chi connectivity index (χ4v) is 3.07. The van der Waals surface area contributed by atoms with E-state index in [2.05, 4.69) is 4.98 Å². The summed E-state index contributed by atoms with van der Waals surface area (Å²) in [7, 11) is 0. The van der Waals surface area contributed by atoms with Crippen LogP contribution in [0.2, 0.25) is 4.34 Å². The minimum atomic E-state index is -0.844. The minimum Gasteiger partial charge on any atom is -0.481 e. The van der Waals surface area contributed by atoms with Gasteiger partial charge in [-0.15, -0.1) is 22.7 Å². The molecular formula is C9H6ClNO2S2. The lowest BCUT2D eigenvalue weighted by Gasteiger charge is -1.95. The molecule has 0 aliphatic heterocycles. The van der Waals surface area contributed by atoms with E-state index in [4.69, 9.17) is 16.7 Å². The quantitative estimate of drug-likeness (QED) is 0.921. The maximum Gasteiger partial charge on any atom is 0.308 e. The lowest BCUT2D eigenvalue weighted by atomic mass is 10.2. The lowest BCUT2D eigenvalue weighted by Crippen LogP contribution is -1.98. The summed E-state index contributed by atoms with van der Waals surface area (Å²) in [4.78, 5) is 16.5. The van der Waals surface area contributed by atoms with E-state index in [1.165, 1.54) is 22.7 Å². The van der Waals surface area contributed by atoms with Gasteiger partial charge in [0.05, 0.1) is 26.8 Å². The number of carbonyl (C=O) groups is 1. The van der Waals surface area contributed by atoms with Gasteiger partial charge in [-0.1, -0.05) is 11.6 Å². The topological polar surface area (TPSA) is 50.2 Å². The number of carboxylic acid groups (broad SMARTS) is 1. The molecule has 0 saturated carbocycles. The molecule has 0 aromatic carbocycles. The number of nitrogens with zero attached hydrogens (tertiary/aromatic N) is 1. The third-order valence-electron chi connectivity index (χ3n) is 1.76. The van der Waals surface area contributed by atoms with Crippen LogP contribution in [-0.2, 0) is 11.2 Å². The number of carboxylic acids is 1. The molecule has 0 amide bonds. The van der Waals surface area contributed by atoms with Gasteiger partial charge in [-0.2, -0.15) is 0 Å². The fourth-order valence-electron chi connectivity index (χ4n) is 1.18. The van der Waals surface area contributed by atoms with E-state index in [1.807, 2.05) is 6.07 Å². The molecule has 1 N–H and O–H groups in total. The van der Waals surface area contributed by atoms with Crippen molar-refractivity contribution in [3.8, 4) is 10.6 Å². The maximum atomic E-state index is 10.6. The van der Waals surface area contributed by atoms with Gasteiger partial charge >= 0.3 is 5.97 Å². The Kier molecular flexibility index (Phi) is 3.04. The lowest BCUT2D eigenvalue weighted by molar-refractivity contribution is -0.136. The van der Waals surface area contributed by atoms with Gasteiger partial charge in [0, 0.05) is 4.88 Å². The molecule has 0 aliphatic rings. The number of thiophene rings is 1. The average molecular weight is 260 g/mol. The summed E-state index contributed by atoms with van der Waals surface area (Å²) in [5, 5.41) is 8.72. The number of halogens is 1. The smallest absolute Gasteiger partial charge is 0.308 e. The predicted octanol–water partition coefficient (Wildman–Crippen LogP) is 3.15. The van der Waals surface area contributed by atoms with E-state index >= 15 is 0 Å². The van der Waals surface area contributed by atoms with Crippen LogP contribution in [0.15, 0.2) is 17.6 Å². The van der Waals surface area contributed by atoms with Gasteiger partial charge in [0.1, 0.15) is 0 Å². The Morgan fingerprint density at radius 1 is 1.53 bits per heavy atom. The molecule has 2 rings (SSSR count). The van der Waals surface area contributed by atoms with Crippen molar-refractivity contribution in [1.29, 1.82) is 0 Å². The number of hydrogen-bond donors (Lipinski definition) is 1. The van der Waals surface area contributed by atoms with Gasteiger partial charge in [0.2, 0.25) is 0 Å². The molecule has 0 saturated heterocycles. The Balaban J connectivity index is 2.36. The van der Waals surface area contributed by atoms with Crippen LogP contribution >= 0.6 is 34.3 Å². The SMILES string of the molecule is O=C(O)Cc1scnc1-c1ccc(Cl)s1. The molecule has 2 heterocycles. The number of hydrogen-bond acceptors (Lipinski definition) is 4. The maximum absolute atomic E-state index is 10.6. The van der Waals surface area contributed by atoms with Gasteiger partial charge in [-0.3, -0.25) is 4.79 Å². The molecule has 15 heavy (non-hydrogen) atoms. The zero-order valence-electron chi connectivity index (χ0n) is 7.44. The summed E-state index contributed by atoms with van der Waals surface area (Å²) >= 11 is 8.57. The van der Waals surface area contributed by atoms with E-state index in [-0.39, 0.29) is 6.42 Å². The molecule has 3 nitrogen and oxygen atoms in total. The summed E-state index contributed by atoms with van der Waals surface area (Å²) < 4.78 is 0.680. The van der Waals surface area contributed by atoms with Crippen molar-refractivity contribution in [3.63, 3.8) is 0 Å². The van der Waals surface area contributed by atoms with Crippen LogP contribution in [0.5, 0.6) is 0 Å². The summed E-state index contributed by atoms with van der Waals surface area (Å²) in [5.41, 5.74) is 2.39. The Bertz CT molecular complexity index is 492. The summed E-state index contributed by atoms with van der Waals surface area (Å²) in [5.74, 6) is -0.844. The third kappa shape index (κ3) is 2.37. The van der Waals surface area contributed by atoms with Crippen molar-refractivity contribution in [3.05, 3.63) is 26.9 Å². The first kappa shape index (κ1) is 10.6. The Labute approximate surface area is 99.0 Å².